The molecule has 0 aliphatic carbocycles. The molecule has 0 spiro atoms. The van der Waals surface area contributed by atoms with Crippen molar-refractivity contribution in [2.45, 2.75) is 39.3 Å². The predicted molar refractivity (Wildman–Crippen MR) is 95.0 cm³/mol. The van der Waals surface area contributed by atoms with Crippen LogP contribution in [0.3, 0.4) is 0 Å². The zero-order valence-corrected chi connectivity index (χ0v) is 14.7. The number of aryl methyl sites for hydroxylation is 2. The number of hydrogen-bond donors (Lipinski definition) is 1. The fourth-order valence-electron chi connectivity index (χ4n) is 3.11. The fraction of sp³-hybridized carbons (Fsp3) is 0.300. The number of carbonyl (C=O) groups excluding carboxylic acids is 1. The quantitative estimate of drug-likeness (QED) is 0.754. The maximum absolute atomic E-state index is 12.6. The number of hydrogen-bond acceptors (Lipinski definition) is 5. The van der Waals surface area contributed by atoms with E-state index in [2.05, 4.69) is 10.5 Å². The van der Waals surface area contributed by atoms with Crippen LogP contribution in [0.5, 0.6) is 5.75 Å². The minimum Gasteiger partial charge on any atom is -0.488 e. The van der Waals surface area contributed by atoms with Crippen LogP contribution in [-0.4, -0.2) is 17.1 Å². The number of fused-ring (bicyclic) bond motifs is 3. The fourth-order valence-corrected chi connectivity index (χ4v) is 3.11. The van der Waals surface area contributed by atoms with Gasteiger partial charge in [-0.15, -0.1) is 0 Å². The maximum atomic E-state index is 12.6. The summed E-state index contributed by atoms with van der Waals surface area (Å²) in [7, 11) is 0. The number of aromatic nitrogens is 1. The third-order valence-electron chi connectivity index (χ3n) is 4.54. The van der Waals surface area contributed by atoms with Crippen molar-refractivity contribution in [3.8, 4) is 17.1 Å². The summed E-state index contributed by atoms with van der Waals surface area (Å²) in [6.45, 7) is 4.24. The molecule has 4 rings (SSSR count). The van der Waals surface area contributed by atoms with Crippen LogP contribution in [0, 0.1) is 6.92 Å². The van der Waals surface area contributed by atoms with Gasteiger partial charge in [0, 0.05) is 12.5 Å². The number of furan rings is 1. The summed E-state index contributed by atoms with van der Waals surface area (Å²) in [6, 6.07) is 9.64. The lowest BCUT2D eigenvalue weighted by Crippen LogP contribution is -2.33. The second-order valence-electron chi connectivity index (χ2n) is 6.62. The van der Waals surface area contributed by atoms with E-state index < -0.39 is 0 Å². The van der Waals surface area contributed by atoms with Gasteiger partial charge in [-0.05, 0) is 44.5 Å². The topological polar surface area (TPSA) is 77.5 Å². The molecule has 3 heterocycles. The first kappa shape index (κ1) is 16.4. The van der Waals surface area contributed by atoms with Crippen molar-refractivity contribution in [3.63, 3.8) is 0 Å². The standard InChI is InChI=1S/C20H20N2O4/c1-12-5-8-17-15(10-12)19-16(11-25-17)18(22-26-19)20(23)21-13(2)6-7-14-4-3-9-24-14/h3-5,8-10,13H,6-7,11H2,1-2H3,(H,21,23). The van der Waals surface area contributed by atoms with E-state index in [1.165, 1.54) is 0 Å². The van der Waals surface area contributed by atoms with Crippen LogP contribution in [0.1, 0.15) is 40.7 Å². The molecule has 0 bridgehead atoms. The second-order valence-corrected chi connectivity index (χ2v) is 6.62. The molecule has 1 aromatic carbocycles. The lowest BCUT2D eigenvalue weighted by molar-refractivity contribution is 0.0927. The normalized spacial score (nSPS) is 13.5. The van der Waals surface area contributed by atoms with Gasteiger partial charge in [0.2, 0.25) is 0 Å². The molecule has 3 aromatic rings. The summed E-state index contributed by atoms with van der Waals surface area (Å²) < 4.78 is 16.6. The molecular weight excluding hydrogens is 332 g/mol. The summed E-state index contributed by atoms with van der Waals surface area (Å²) in [5.41, 5.74) is 2.91. The number of nitrogens with zero attached hydrogens (tertiary/aromatic N) is 1. The molecule has 0 radical (unpaired) electrons. The zero-order valence-electron chi connectivity index (χ0n) is 14.7. The first-order valence-electron chi connectivity index (χ1n) is 8.67. The number of benzene rings is 1. The van der Waals surface area contributed by atoms with Crippen molar-refractivity contribution in [1.29, 1.82) is 0 Å². The van der Waals surface area contributed by atoms with Crippen LogP contribution < -0.4 is 10.1 Å². The molecule has 1 N–H and O–H groups in total. The highest BCUT2D eigenvalue weighted by Crippen LogP contribution is 2.39. The zero-order chi connectivity index (χ0) is 18.1. The number of rotatable bonds is 5. The third-order valence-corrected chi connectivity index (χ3v) is 4.54. The van der Waals surface area contributed by atoms with Crippen LogP contribution in [0.4, 0.5) is 0 Å². The van der Waals surface area contributed by atoms with E-state index in [9.17, 15) is 4.79 Å². The van der Waals surface area contributed by atoms with E-state index in [-0.39, 0.29) is 24.2 Å². The summed E-state index contributed by atoms with van der Waals surface area (Å²) in [6.07, 6.45) is 3.19. The van der Waals surface area contributed by atoms with Crippen molar-refractivity contribution in [3.05, 3.63) is 59.2 Å². The Morgan fingerprint density at radius 3 is 3.04 bits per heavy atom. The Morgan fingerprint density at radius 1 is 1.35 bits per heavy atom. The van der Waals surface area contributed by atoms with Crippen molar-refractivity contribution in [2.24, 2.45) is 0 Å². The molecule has 1 amide bonds. The first-order chi connectivity index (χ1) is 12.6. The Kier molecular flexibility index (Phi) is 4.24. The molecule has 6 heteroatoms. The van der Waals surface area contributed by atoms with Crippen molar-refractivity contribution < 1.29 is 18.5 Å². The molecule has 6 nitrogen and oxygen atoms in total. The van der Waals surface area contributed by atoms with Gasteiger partial charge < -0.3 is 19.0 Å². The van der Waals surface area contributed by atoms with Gasteiger partial charge >= 0.3 is 0 Å². The van der Waals surface area contributed by atoms with E-state index in [0.29, 0.717) is 11.3 Å². The highest BCUT2D eigenvalue weighted by molar-refractivity contribution is 5.95. The highest BCUT2D eigenvalue weighted by atomic mass is 16.5. The SMILES string of the molecule is Cc1ccc2c(c1)-c1onc(C(=O)NC(C)CCc3ccco3)c1CO2. The second kappa shape index (κ2) is 6.71. The van der Waals surface area contributed by atoms with Crippen LogP contribution in [0.25, 0.3) is 11.3 Å². The summed E-state index contributed by atoms with van der Waals surface area (Å²) in [4.78, 5) is 12.6. The predicted octanol–water partition coefficient (Wildman–Crippen LogP) is 3.89. The molecule has 1 atom stereocenters. The molecule has 0 saturated heterocycles. The van der Waals surface area contributed by atoms with E-state index >= 15 is 0 Å². The lowest BCUT2D eigenvalue weighted by atomic mass is 10.0. The summed E-state index contributed by atoms with van der Waals surface area (Å²) in [5, 5.41) is 6.98. The van der Waals surface area contributed by atoms with Gasteiger partial charge in [-0.1, -0.05) is 16.8 Å². The number of nitrogens with one attached hydrogen (secondary N) is 1. The molecule has 26 heavy (non-hydrogen) atoms. The van der Waals surface area contributed by atoms with Crippen molar-refractivity contribution in [2.75, 3.05) is 0 Å². The van der Waals surface area contributed by atoms with E-state index in [1.807, 2.05) is 44.2 Å². The Balaban J connectivity index is 1.48. The molecular formula is C20H20N2O4. The number of ether oxygens (including phenoxy) is 1. The monoisotopic (exact) mass is 352 g/mol. The average Bonchev–Trinajstić information content (AvgIpc) is 3.29. The smallest absolute Gasteiger partial charge is 0.274 e. The van der Waals surface area contributed by atoms with Crippen LogP contribution >= 0.6 is 0 Å². The van der Waals surface area contributed by atoms with E-state index in [4.69, 9.17) is 13.7 Å². The lowest BCUT2D eigenvalue weighted by Gasteiger charge is -2.17. The van der Waals surface area contributed by atoms with Gasteiger partial charge in [0.15, 0.2) is 11.5 Å². The van der Waals surface area contributed by atoms with Crippen molar-refractivity contribution in [1.82, 2.24) is 10.5 Å². The maximum Gasteiger partial charge on any atom is 0.274 e. The van der Waals surface area contributed by atoms with Gasteiger partial charge in [0.25, 0.3) is 5.91 Å². The van der Waals surface area contributed by atoms with Gasteiger partial charge in [0.05, 0.1) is 17.4 Å². The molecule has 1 aliphatic rings. The minimum absolute atomic E-state index is 0.0148. The molecule has 0 fully saturated rings. The Bertz CT molecular complexity index is 927. The molecule has 0 saturated carbocycles. The van der Waals surface area contributed by atoms with Crippen LogP contribution in [0.15, 0.2) is 45.5 Å². The Hall–Kier alpha value is -3.02. The van der Waals surface area contributed by atoms with Crippen LogP contribution in [-0.2, 0) is 13.0 Å². The molecule has 1 unspecified atom stereocenters. The Labute approximate surface area is 151 Å². The van der Waals surface area contributed by atoms with E-state index in [0.717, 1.165) is 35.5 Å². The van der Waals surface area contributed by atoms with Crippen molar-refractivity contribution >= 4 is 5.91 Å². The van der Waals surface area contributed by atoms with Gasteiger partial charge in [-0.3, -0.25) is 4.79 Å². The minimum atomic E-state index is -0.248. The Morgan fingerprint density at radius 2 is 2.23 bits per heavy atom. The molecule has 2 aromatic heterocycles. The average molecular weight is 352 g/mol. The molecule has 1 aliphatic heterocycles. The third kappa shape index (κ3) is 3.10. The van der Waals surface area contributed by atoms with Gasteiger partial charge in [-0.2, -0.15) is 0 Å². The van der Waals surface area contributed by atoms with Crippen LogP contribution in [0.2, 0.25) is 0 Å². The molecule has 134 valence electrons. The summed E-state index contributed by atoms with van der Waals surface area (Å²) in [5.74, 6) is 2.02. The van der Waals surface area contributed by atoms with Gasteiger partial charge in [-0.25, -0.2) is 0 Å². The highest BCUT2D eigenvalue weighted by Gasteiger charge is 2.29. The number of carbonyl (C=O) groups is 1. The largest absolute Gasteiger partial charge is 0.488 e. The number of amides is 1. The summed E-state index contributed by atoms with van der Waals surface area (Å²) >= 11 is 0. The first-order valence-corrected chi connectivity index (χ1v) is 8.67. The van der Waals surface area contributed by atoms with Gasteiger partial charge in [0.1, 0.15) is 18.1 Å². The van der Waals surface area contributed by atoms with E-state index in [1.54, 1.807) is 6.26 Å².